The molecule has 27 heavy (non-hydrogen) atoms. The fraction of sp³-hybridized carbons (Fsp3) is 0.278. The monoisotopic (exact) mass is 368 g/mol. The second-order valence-corrected chi connectivity index (χ2v) is 6.15. The minimum Gasteiger partial charge on any atom is -0.480 e. The van der Waals surface area contributed by atoms with Crippen LogP contribution in [0.4, 0.5) is 0 Å². The van der Waals surface area contributed by atoms with Gasteiger partial charge < -0.3 is 10.4 Å². The van der Waals surface area contributed by atoms with Gasteiger partial charge in [0.05, 0.1) is 30.5 Å². The highest BCUT2D eigenvalue weighted by molar-refractivity contribution is 5.79. The molecule has 9 heteroatoms. The number of aryl methyl sites for hydroxylation is 1. The third-order valence-electron chi connectivity index (χ3n) is 4.13. The van der Waals surface area contributed by atoms with Crippen molar-refractivity contribution in [2.45, 2.75) is 33.4 Å². The lowest BCUT2D eigenvalue weighted by Gasteiger charge is -2.06. The third-order valence-corrected chi connectivity index (χ3v) is 4.13. The normalized spacial score (nSPS) is 10.7. The van der Waals surface area contributed by atoms with Gasteiger partial charge in [-0.3, -0.25) is 9.59 Å². The summed E-state index contributed by atoms with van der Waals surface area (Å²) in [6.07, 6.45) is 1.70. The number of rotatable bonds is 7. The summed E-state index contributed by atoms with van der Waals surface area (Å²) >= 11 is 0. The Labute approximate surface area is 155 Å². The molecule has 0 unspecified atom stereocenters. The summed E-state index contributed by atoms with van der Waals surface area (Å²) < 4.78 is 3.04. The van der Waals surface area contributed by atoms with Gasteiger partial charge in [0.1, 0.15) is 12.2 Å². The van der Waals surface area contributed by atoms with Gasteiger partial charge in [-0.25, -0.2) is 9.36 Å². The van der Waals surface area contributed by atoms with E-state index in [0.29, 0.717) is 5.69 Å². The van der Waals surface area contributed by atoms with Crippen molar-refractivity contribution in [3.63, 3.8) is 0 Å². The molecule has 0 aliphatic rings. The van der Waals surface area contributed by atoms with E-state index in [4.69, 9.17) is 5.11 Å². The number of carbonyl (C=O) groups excluding carboxylic acids is 1. The van der Waals surface area contributed by atoms with Crippen LogP contribution in [0.3, 0.4) is 0 Å². The van der Waals surface area contributed by atoms with Crippen LogP contribution in [-0.2, 0) is 29.1 Å². The zero-order valence-corrected chi connectivity index (χ0v) is 15.1. The molecule has 0 saturated heterocycles. The van der Waals surface area contributed by atoms with Crippen LogP contribution in [-0.4, -0.2) is 41.8 Å². The van der Waals surface area contributed by atoms with Crippen molar-refractivity contribution >= 4 is 11.9 Å². The first kappa shape index (κ1) is 18.3. The number of benzene rings is 1. The predicted molar refractivity (Wildman–Crippen MR) is 96.2 cm³/mol. The summed E-state index contributed by atoms with van der Waals surface area (Å²) in [5.74, 6) is -1.17. The number of carbonyl (C=O) groups is 2. The highest BCUT2D eigenvalue weighted by Gasteiger charge is 2.16. The Hall–Kier alpha value is -3.49. The van der Waals surface area contributed by atoms with E-state index in [-0.39, 0.29) is 25.4 Å². The zero-order valence-electron chi connectivity index (χ0n) is 15.1. The summed E-state index contributed by atoms with van der Waals surface area (Å²) in [5, 5.41) is 23.6. The maximum atomic E-state index is 12.3. The fourth-order valence-electron chi connectivity index (χ4n) is 2.80. The van der Waals surface area contributed by atoms with Crippen molar-refractivity contribution in [3.8, 4) is 5.69 Å². The van der Waals surface area contributed by atoms with Gasteiger partial charge in [-0.1, -0.05) is 23.4 Å². The molecule has 0 fully saturated rings. The zero-order chi connectivity index (χ0) is 19.4. The number of para-hydroxylation sites is 1. The number of hydrogen-bond donors (Lipinski definition) is 2. The summed E-state index contributed by atoms with van der Waals surface area (Å²) in [6, 6.07) is 9.75. The number of aliphatic carboxylic acids is 1. The van der Waals surface area contributed by atoms with Crippen molar-refractivity contribution in [2.75, 3.05) is 0 Å². The molecule has 2 heterocycles. The minimum atomic E-state index is -1.00. The van der Waals surface area contributed by atoms with Gasteiger partial charge in [0, 0.05) is 11.3 Å². The molecule has 3 rings (SSSR count). The molecule has 1 aromatic carbocycles. The lowest BCUT2D eigenvalue weighted by atomic mass is 10.1. The van der Waals surface area contributed by atoms with Crippen molar-refractivity contribution in [3.05, 3.63) is 59.2 Å². The first-order valence-corrected chi connectivity index (χ1v) is 8.42. The van der Waals surface area contributed by atoms with Gasteiger partial charge in [0.15, 0.2) is 0 Å². The average molecular weight is 368 g/mol. The van der Waals surface area contributed by atoms with Gasteiger partial charge in [0.2, 0.25) is 5.91 Å². The standard InChI is InChI=1S/C18H20N6O3/c1-12-16(13(2)24(21-12)15-6-4-3-5-7-15)8-17(25)19-9-14-10-23(22-20-14)11-18(26)27/h3-7,10H,8-9,11H2,1-2H3,(H,19,25)(H,26,27). The summed E-state index contributed by atoms with van der Waals surface area (Å²) in [4.78, 5) is 23.0. The van der Waals surface area contributed by atoms with E-state index in [1.807, 2.05) is 48.9 Å². The van der Waals surface area contributed by atoms with E-state index in [0.717, 1.165) is 22.6 Å². The Morgan fingerprint density at radius 1 is 1.19 bits per heavy atom. The molecule has 0 radical (unpaired) electrons. The highest BCUT2D eigenvalue weighted by Crippen LogP contribution is 2.18. The van der Waals surface area contributed by atoms with Crippen LogP contribution in [0.1, 0.15) is 22.6 Å². The van der Waals surface area contributed by atoms with Crippen molar-refractivity contribution in [1.82, 2.24) is 30.1 Å². The molecule has 2 aromatic heterocycles. The second-order valence-electron chi connectivity index (χ2n) is 6.15. The molecule has 140 valence electrons. The molecule has 0 bridgehead atoms. The maximum Gasteiger partial charge on any atom is 0.325 e. The van der Waals surface area contributed by atoms with Gasteiger partial charge in [-0.05, 0) is 26.0 Å². The average Bonchev–Trinajstić information content (AvgIpc) is 3.19. The Bertz CT molecular complexity index is 961. The predicted octanol–water partition coefficient (Wildman–Crippen LogP) is 1.02. The Kier molecular flexibility index (Phi) is 5.30. The van der Waals surface area contributed by atoms with Gasteiger partial charge in [0.25, 0.3) is 0 Å². The molecule has 0 aliphatic heterocycles. The minimum absolute atomic E-state index is 0.165. The fourth-order valence-corrected chi connectivity index (χ4v) is 2.80. The smallest absolute Gasteiger partial charge is 0.325 e. The SMILES string of the molecule is Cc1nn(-c2ccccc2)c(C)c1CC(=O)NCc1cn(CC(=O)O)nn1. The number of hydrogen-bond acceptors (Lipinski definition) is 5. The Balaban J connectivity index is 1.64. The topological polar surface area (TPSA) is 115 Å². The lowest BCUT2D eigenvalue weighted by Crippen LogP contribution is -2.25. The van der Waals surface area contributed by atoms with E-state index in [1.165, 1.54) is 10.9 Å². The van der Waals surface area contributed by atoms with E-state index in [2.05, 4.69) is 20.7 Å². The van der Waals surface area contributed by atoms with E-state index < -0.39 is 5.97 Å². The molecule has 0 spiro atoms. The Morgan fingerprint density at radius 3 is 2.63 bits per heavy atom. The Morgan fingerprint density at radius 2 is 1.93 bits per heavy atom. The molecule has 3 aromatic rings. The first-order chi connectivity index (χ1) is 12.9. The van der Waals surface area contributed by atoms with Crippen molar-refractivity contribution in [1.29, 1.82) is 0 Å². The number of nitrogens with zero attached hydrogens (tertiary/aromatic N) is 5. The number of nitrogens with one attached hydrogen (secondary N) is 1. The van der Waals surface area contributed by atoms with Crippen LogP contribution in [0.15, 0.2) is 36.5 Å². The van der Waals surface area contributed by atoms with E-state index in [1.54, 1.807) is 0 Å². The molecular weight excluding hydrogens is 348 g/mol. The second kappa shape index (κ2) is 7.81. The lowest BCUT2D eigenvalue weighted by molar-refractivity contribution is -0.138. The molecular formula is C18H20N6O3. The highest BCUT2D eigenvalue weighted by atomic mass is 16.4. The van der Waals surface area contributed by atoms with E-state index >= 15 is 0 Å². The molecule has 0 saturated carbocycles. The van der Waals surface area contributed by atoms with Crippen LogP contribution < -0.4 is 5.32 Å². The summed E-state index contributed by atoms with van der Waals surface area (Å²) in [5.41, 5.74) is 4.05. The molecule has 2 N–H and O–H groups in total. The van der Waals surface area contributed by atoms with Gasteiger partial charge in [-0.15, -0.1) is 5.10 Å². The molecule has 0 aliphatic carbocycles. The number of carboxylic acid groups (broad SMARTS) is 1. The number of carboxylic acids is 1. The van der Waals surface area contributed by atoms with Crippen LogP contribution >= 0.6 is 0 Å². The molecule has 0 atom stereocenters. The van der Waals surface area contributed by atoms with Crippen LogP contribution in [0, 0.1) is 13.8 Å². The number of aromatic nitrogens is 5. The van der Waals surface area contributed by atoms with Crippen LogP contribution in [0.2, 0.25) is 0 Å². The largest absolute Gasteiger partial charge is 0.480 e. The van der Waals surface area contributed by atoms with E-state index in [9.17, 15) is 9.59 Å². The quantitative estimate of drug-likeness (QED) is 0.643. The maximum absolute atomic E-state index is 12.3. The third kappa shape index (κ3) is 4.38. The van der Waals surface area contributed by atoms with Crippen molar-refractivity contribution in [2.24, 2.45) is 0 Å². The van der Waals surface area contributed by atoms with Crippen LogP contribution in [0.25, 0.3) is 5.69 Å². The van der Waals surface area contributed by atoms with Crippen molar-refractivity contribution < 1.29 is 14.7 Å². The van der Waals surface area contributed by atoms with Crippen LogP contribution in [0.5, 0.6) is 0 Å². The molecule has 9 nitrogen and oxygen atoms in total. The van der Waals surface area contributed by atoms with Gasteiger partial charge in [-0.2, -0.15) is 5.10 Å². The summed E-state index contributed by atoms with van der Waals surface area (Å²) in [7, 11) is 0. The first-order valence-electron chi connectivity index (χ1n) is 8.42. The summed E-state index contributed by atoms with van der Waals surface area (Å²) in [6.45, 7) is 3.74. The number of amides is 1. The molecule has 1 amide bonds. The van der Waals surface area contributed by atoms with Gasteiger partial charge >= 0.3 is 5.97 Å².